The van der Waals surface area contributed by atoms with Crippen LogP contribution in [0.1, 0.15) is 12.5 Å². The van der Waals surface area contributed by atoms with Gasteiger partial charge in [-0.1, -0.05) is 0 Å². The largest absolute Gasteiger partial charge is 0.480 e. The first-order chi connectivity index (χ1) is 8.32. The van der Waals surface area contributed by atoms with Crippen LogP contribution in [0.2, 0.25) is 0 Å². The monoisotopic (exact) mass is 254 g/mol. The molecule has 0 heterocycles. The third-order valence-corrected chi connectivity index (χ3v) is 2.69. The molecule has 0 aliphatic rings. The molecule has 5 nitrogen and oxygen atoms in total. The molecule has 6 heteroatoms. The number of benzene rings is 1. The molecule has 0 aliphatic heterocycles. The quantitative estimate of drug-likeness (QED) is 0.867. The number of carbonyl (C=O) groups excluding carboxylic acids is 1. The zero-order valence-electron chi connectivity index (χ0n) is 10.4. The minimum atomic E-state index is -1.09. The maximum atomic E-state index is 12.9. The van der Waals surface area contributed by atoms with Gasteiger partial charge in [0.05, 0.1) is 0 Å². The number of rotatable bonds is 3. The average molecular weight is 254 g/mol. The molecule has 0 aromatic heterocycles. The number of likely N-dealkylation sites (N-methyl/N-ethyl adjacent to an activating group) is 1. The summed E-state index contributed by atoms with van der Waals surface area (Å²) in [6.45, 7) is 3.05. The minimum absolute atomic E-state index is 0.391. The van der Waals surface area contributed by atoms with Crippen molar-refractivity contribution in [1.82, 2.24) is 4.90 Å². The fraction of sp³-hybridized carbons (Fsp3) is 0.333. The minimum Gasteiger partial charge on any atom is -0.480 e. The molecule has 98 valence electrons. The van der Waals surface area contributed by atoms with Crippen molar-refractivity contribution in [1.29, 1.82) is 0 Å². The summed E-state index contributed by atoms with van der Waals surface area (Å²) < 4.78 is 12.9. The van der Waals surface area contributed by atoms with E-state index in [0.717, 1.165) is 4.90 Å². The second kappa shape index (κ2) is 5.48. The summed E-state index contributed by atoms with van der Waals surface area (Å²) in [6, 6.07) is 2.45. The number of carboxylic acid groups (broad SMARTS) is 1. The van der Waals surface area contributed by atoms with E-state index in [0.29, 0.717) is 11.3 Å². The summed E-state index contributed by atoms with van der Waals surface area (Å²) in [6.07, 6.45) is 0. The molecule has 0 aliphatic carbocycles. The second-order valence-corrected chi connectivity index (χ2v) is 4.01. The summed E-state index contributed by atoms with van der Waals surface area (Å²) in [5.74, 6) is -1.48. The number of halogens is 1. The smallest absolute Gasteiger partial charge is 0.326 e. The van der Waals surface area contributed by atoms with Crippen LogP contribution in [0.15, 0.2) is 18.2 Å². The number of hydrogen-bond acceptors (Lipinski definition) is 2. The molecule has 1 aromatic rings. The van der Waals surface area contributed by atoms with Gasteiger partial charge < -0.3 is 15.3 Å². The Hall–Kier alpha value is -2.11. The first-order valence-corrected chi connectivity index (χ1v) is 5.35. The molecule has 0 fully saturated rings. The number of nitrogens with one attached hydrogen (secondary N) is 1. The number of aryl methyl sites for hydroxylation is 1. The Kier molecular flexibility index (Phi) is 4.25. The van der Waals surface area contributed by atoms with Gasteiger partial charge in [-0.2, -0.15) is 0 Å². The summed E-state index contributed by atoms with van der Waals surface area (Å²) in [5.41, 5.74) is 1.02. The van der Waals surface area contributed by atoms with Gasteiger partial charge in [-0.25, -0.2) is 14.0 Å². The van der Waals surface area contributed by atoms with Crippen molar-refractivity contribution >= 4 is 17.7 Å². The van der Waals surface area contributed by atoms with Crippen LogP contribution in [0, 0.1) is 12.7 Å². The number of carbonyl (C=O) groups is 2. The molecule has 1 atom stereocenters. The molecule has 1 unspecified atom stereocenters. The molecule has 1 rings (SSSR count). The predicted molar refractivity (Wildman–Crippen MR) is 65.0 cm³/mol. The Labute approximate surface area is 104 Å². The molecule has 0 bridgehead atoms. The maximum Gasteiger partial charge on any atom is 0.326 e. The number of urea groups is 1. The molecule has 1 aromatic carbocycles. The Morgan fingerprint density at radius 3 is 2.56 bits per heavy atom. The number of hydrogen-bond donors (Lipinski definition) is 2. The van der Waals surface area contributed by atoms with Crippen molar-refractivity contribution in [2.45, 2.75) is 19.9 Å². The number of anilines is 1. The van der Waals surface area contributed by atoms with Crippen LogP contribution < -0.4 is 5.32 Å². The van der Waals surface area contributed by atoms with Crippen LogP contribution in [0.4, 0.5) is 14.9 Å². The number of aliphatic carboxylic acids is 1. The topological polar surface area (TPSA) is 69.6 Å². The number of nitrogens with zero attached hydrogens (tertiary/aromatic N) is 1. The zero-order valence-corrected chi connectivity index (χ0v) is 10.4. The van der Waals surface area contributed by atoms with Gasteiger partial charge in [0.1, 0.15) is 11.9 Å². The SMILES string of the molecule is Cc1cc(F)ccc1NC(=O)N(C)C(C)C(=O)O. The standard InChI is InChI=1S/C12H15FN2O3/c1-7-6-9(13)4-5-10(7)14-12(18)15(3)8(2)11(16)17/h4-6,8H,1-3H3,(H,14,18)(H,16,17). The lowest BCUT2D eigenvalue weighted by Gasteiger charge is -2.22. The van der Waals surface area contributed by atoms with E-state index in [1.54, 1.807) is 6.92 Å². The highest BCUT2D eigenvalue weighted by Gasteiger charge is 2.21. The Bertz CT molecular complexity index is 476. The van der Waals surface area contributed by atoms with Gasteiger partial charge in [0.25, 0.3) is 0 Å². The summed E-state index contributed by atoms with van der Waals surface area (Å²) in [7, 11) is 1.38. The van der Waals surface area contributed by atoms with Crippen LogP contribution in [0.5, 0.6) is 0 Å². The summed E-state index contributed by atoms with van der Waals surface area (Å²) in [4.78, 5) is 23.6. The normalized spacial score (nSPS) is 11.8. The zero-order chi connectivity index (χ0) is 13.9. The first kappa shape index (κ1) is 14.0. The van der Waals surface area contributed by atoms with E-state index in [-0.39, 0.29) is 0 Å². The van der Waals surface area contributed by atoms with Gasteiger partial charge in [0.2, 0.25) is 0 Å². The average Bonchev–Trinajstić information content (AvgIpc) is 2.30. The van der Waals surface area contributed by atoms with Gasteiger partial charge in [0, 0.05) is 12.7 Å². The molecule has 18 heavy (non-hydrogen) atoms. The number of carboxylic acids is 1. The van der Waals surface area contributed by atoms with E-state index in [1.165, 1.54) is 32.2 Å². The molecule has 2 N–H and O–H groups in total. The van der Waals surface area contributed by atoms with Crippen molar-refractivity contribution in [3.8, 4) is 0 Å². The van der Waals surface area contributed by atoms with Gasteiger partial charge in [-0.3, -0.25) is 0 Å². The third kappa shape index (κ3) is 3.19. The summed E-state index contributed by atoms with van der Waals surface area (Å²) >= 11 is 0. The maximum absolute atomic E-state index is 12.9. The lowest BCUT2D eigenvalue weighted by molar-refractivity contribution is -0.141. The van der Waals surface area contributed by atoms with Crippen LogP contribution in [-0.4, -0.2) is 35.1 Å². The van der Waals surface area contributed by atoms with E-state index in [2.05, 4.69) is 5.32 Å². The highest BCUT2D eigenvalue weighted by atomic mass is 19.1. The van der Waals surface area contributed by atoms with Crippen LogP contribution in [0.3, 0.4) is 0 Å². The van der Waals surface area contributed by atoms with E-state index >= 15 is 0 Å². The first-order valence-electron chi connectivity index (χ1n) is 5.35. The van der Waals surface area contributed by atoms with Crippen LogP contribution in [-0.2, 0) is 4.79 Å². The molecule has 0 spiro atoms. The lowest BCUT2D eigenvalue weighted by Crippen LogP contribution is -2.42. The Morgan fingerprint density at radius 2 is 2.06 bits per heavy atom. The molecular formula is C12H15FN2O3. The van der Waals surface area contributed by atoms with Crippen molar-refractivity contribution in [3.05, 3.63) is 29.6 Å². The fourth-order valence-corrected chi connectivity index (χ4v) is 1.31. The summed E-state index contributed by atoms with van der Waals surface area (Å²) in [5, 5.41) is 11.3. The number of amides is 2. The molecule has 0 saturated heterocycles. The van der Waals surface area contributed by atoms with Gasteiger partial charge in [-0.15, -0.1) is 0 Å². The molecular weight excluding hydrogens is 239 g/mol. The van der Waals surface area contributed by atoms with Crippen molar-refractivity contribution < 1.29 is 19.1 Å². The van der Waals surface area contributed by atoms with E-state index in [4.69, 9.17) is 5.11 Å². The van der Waals surface area contributed by atoms with Crippen molar-refractivity contribution in [2.75, 3.05) is 12.4 Å². The predicted octanol–water partition coefficient (Wildman–Crippen LogP) is 2.07. The molecule has 0 radical (unpaired) electrons. The van der Waals surface area contributed by atoms with Crippen molar-refractivity contribution in [3.63, 3.8) is 0 Å². The van der Waals surface area contributed by atoms with E-state index in [9.17, 15) is 14.0 Å². The van der Waals surface area contributed by atoms with Crippen LogP contribution in [0.25, 0.3) is 0 Å². The lowest BCUT2D eigenvalue weighted by atomic mass is 10.2. The second-order valence-electron chi connectivity index (χ2n) is 4.01. The third-order valence-electron chi connectivity index (χ3n) is 2.69. The van der Waals surface area contributed by atoms with Crippen LogP contribution >= 0.6 is 0 Å². The van der Waals surface area contributed by atoms with E-state index < -0.39 is 23.9 Å². The van der Waals surface area contributed by atoms with Gasteiger partial charge in [0.15, 0.2) is 0 Å². The fourth-order valence-electron chi connectivity index (χ4n) is 1.31. The van der Waals surface area contributed by atoms with Gasteiger partial charge in [-0.05, 0) is 37.6 Å². The molecule has 2 amide bonds. The van der Waals surface area contributed by atoms with Gasteiger partial charge >= 0.3 is 12.0 Å². The molecule has 0 saturated carbocycles. The highest BCUT2D eigenvalue weighted by Crippen LogP contribution is 2.16. The Balaban J connectivity index is 2.78. The van der Waals surface area contributed by atoms with E-state index in [1.807, 2.05) is 0 Å². The van der Waals surface area contributed by atoms with Crippen molar-refractivity contribution in [2.24, 2.45) is 0 Å². The highest BCUT2D eigenvalue weighted by molar-refractivity contribution is 5.92. The Morgan fingerprint density at radius 1 is 1.44 bits per heavy atom.